The van der Waals surface area contributed by atoms with Crippen LogP contribution in [-0.4, -0.2) is 16.0 Å². The molecule has 4 heteroatoms. The van der Waals surface area contributed by atoms with E-state index in [0.717, 1.165) is 0 Å². The van der Waals surface area contributed by atoms with Crippen molar-refractivity contribution in [1.82, 2.24) is 0 Å². The number of hydrogen-bond donors (Lipinski definition) is 2. The first-order chi connectivity index (χ1) is 5.52. The molecule has 0 spiro atoms. The smallest absolute Gasteiger partial charge is 0.176 e. The lowest BCUT2D eigenvalue weighted by Crippen LogP contribution is -1.91. The Labute approximate surface area is 74.2 Å². The van der Waals surface area contributed by atoms with Crippen molar-refractivity contribution >= 4 is 17.4 Å². The van der Waals surface area contributed by atoms with Gasteiger partial charge in [-0.25, -0.2) is 0 Å². The van der Waals surface area contributed by atoms with Crippen molar-refractivity contribution in [2.45, 2.75) is 6.92 Å². The summed E-state index contributed by atoms with van der Waals surface area (Å²) in [5.74, 6) is -0.999. The van der Waals surface area contributed by atoms with Crippen molar-refractivity contribution in [2.75, 3.05) is 0 Å². The van der Waals surface area contributed by atoms with Gasteiger partial charge in [0.15, 0.2) is 17.3 Å². The van der Waals surface area contributed by atoms with Gasteiger partial charge in [0.2, 0.25) is 0 Å². The summed E-state index contributed by atoms with van der Waals surface area (Å²) in [5.41, 5.74) is 0.273. The summed E-state index contributed by atoms with van der Waals surface area (Å²) in [6, 6.07) is 2.47. The summed E-state index contributed by atoms with van der Waals surface area (Å²) in [5, 5.41) is 18.0. The highest BCUT2D eigenvalue weighted by Crippen LogP contribution is 2.33. The third-order valence-electron chi connectivity index (χ3n) is 1.45. The van der Waals surface area contributed by atoms with Crippen LogP contribution in [0.5, 0.6) is 11.5 Å². The Morgan fingerprint density at radius 2 is 2.00 bits per heavy atom. The molecule has 0 saturated carbocycles. The number of phenolic OH excluding ortho intramolecular Hbond substituents is 2. The maximum Gasteiger partial charge on any atom is 0.176 e. The molecule has 0 bridgehead atoms. The van der Waals surface area contributed by atoms with Gasteiger partial charge < -0.3 is 10.2 Å². The highest BCUT2D eigenvalue weighted by atomic mass is 35.5. The van der Waals surface area contributed by atoms with Gasteiger partial charge in [-0.3, -0.25) is 4.79 Å². The predicted octanol–water partition coefficient (Wildman–Crippen LogP) is 1.95. The lowest BCUT2D eigenvalue weighted by atomic mass is 10.1. The minimum atomic E-state index is -0.401. The summed E-state index contributed by atoms with van der Waals surface area (Å²) in [7, 11) is 0. The normalized spacial score (nSPS) is 9.83. The van der Waals surface area contributed by atoms with Gasteiger partial charge in [-0.05, 0) is 19.1 Å². The second-order valence-electron chi connectivity index (χ2n) is 2.38. The number of benzene rings is 1. The molecule has 0 saturated heterocycles. The predicted molar refractivity (Wildman–Crippen MR) is 44.8 cm³/mol. The molecule has 0 radical (unpaired) electrons. The van der Waals surface area contributed by atoms with Crippen LogP contribution in [0.2, 0.25) is 5.02 Å². The molecule has 0 unspecified atom stereocenters. The molecule has 1 aromatic rings. The van der Waals surface area contributed by atoms with Crippen molar-refractivity contribution in [3.8, 4) is 11.5 Å². The summed E-state index contributed by atoms with van der Waals surface area (Å²) in [4.78, 5) is 10.8. The van der Waals surface area contributed by atoms with Crippen LogP contribution in [0.25, 0.3) is 0 Å². The van der Waals surface area contributed by atoms with E-state index in [9.17, 15) is 4.79 Å². The molecule has 0 atom stereocenters. The van der Waals surface area contributed by atoms with E-state index in [2.05, 4.69) is 0 Å². The Balaban J connectivity index is 3.31. The van der Waals surface area contributed by atoms with Crippen molar-refractivity contribution in [3.63, 3.8) is 0 Å². The minimum Gasteiger partial charge on any atom is -0.504 e. The van der Waals surface area contributed by atoms with Crippen LogP contribution >= 0.6 is 11.6 Å². The number of ketones is 1. The maximum atomic E-state index is 10.8. The van der Waals surface area contributed by atoms with Crippen molar-refractivity contribution < 1.29 is 15.0 Å². The van der Waals surface area contributed by atoms with Crippen LogP contribution in [0.4, 0.5) is 0 Å². The van der Waals surface area contributed by atoms with E-state index < -0.39 is 5.75 Å². The molecule has 0 aliphatic carbocycles. The third kappa shape index (κ3) is 1.51. The molecule has 0 amide bonds. The SMILES string of the molecule is CC(=O)c1cc(O)c(O)c(Cl)c1. The molecule has 64 valence electrons. The average Bonchev–Trinajstić information content (AvgIpc) is 1.99. The van der Waals surface area contributed by atoms with E-state index in [1.54, 1.807) is 0 Å². The lowest BCUT2D eigenvalue weighted by molar-refractivity contribution is 0.101. The number of hydrogen-bond acceptors (Lipinski definition) is 3. The quantitative estimate of drug-likeness (QED) is 0.521. The molecule has 3 nitrogen and oxygen atoms in total. The van der Waals surface area contributed by atoms with Crippen LogP contribution in [0.1, 0.15) is 17.3 Å². The Morgan fingerprint density at radius 3 is 2.42 bits per heavy atom. The first kappa shape index (κ1) is 8.87. The third-order valence-corrected chi connectivity index (χ3v) is 1.74. The van der Waals surface area contributed by atoms with Crippen molar-refractivity contribution in [3.05, 3.63) is 22.7 Å². The molecule has 0 aliphatic heterocycles. The molecule has 1 aromatic carbocycles. The number of halogens is 1. The zero-order chi connectivity index (χ0) is 9.30. The van der Waals surface area contributed by atoms with Gasteiger partial charge in [0.25, 0.3) is 0 Å². The lowest BCUT2D eigenvalue weighted by Gasteiger charge is -2.01. The number of aromatic hydroxyl groups is 2. The first-order valence-corrected chi connectivity index (χ1v) is 3.62. The van der Waals surface area contributed by atoms with Gasteiger partial charge >= 0.3 is 0 Å². The first-order valence-electron chi connectivity index (χ1n) is 3.25. The fraction of sp³-hybridized carbons (Fsp3) is 0.125. The Morgan fingerprint density at radius 1 is 1.42 bits per heavy atom. The molecule has 0 heterocycles. The van der Waals surface area contributed by atoms with E-state index in [4.69, 9.17) is 21.8 Å². The highest BCUT2D eigenvalue weighted by Gasteiger charge is 2.09. The fourth-order valence-corrected chi connectivity index (χ4v) is 1.00. The van der Waals surface area contributed by atoms with Crippen LogP contribution < -0.4 is 0 Å². The van der Waals surface area contributed by atoms with Gasteiger partial charge in [-0.2, -0.15) is 0 Å². The van der Waals surface area contributed by atoms with Crippen LogP contribution in [0.3, 0.4) is 0 Å². The molecule has 0 fully saturated rings. The van der Waals surface area contributed by atoms with E-state index in [-0.39, 0.29) is 22.1 Å². The van der Waals surface area contributed by atoms with Crippen molar-refractivity contribution in [2.24, 2.45) is 0 Å². The van der Waals surface area contributed by atoms with Crippen LogP contribution in [0, 0.1) is 0 Å². The molecular formula is C8H7ClO3. The highest BCUT2D eigenvalue weighted by molar-refractivity contribution is 6.32. The van der Waals surface area contributed by atoms with Gasteiger partial charge in [0.1, 0.15) is 0 Å². The van der Waals surface area contributed by atoms with Gasteiger partial charge in [0.05, 0.1) is 5.02 Å². The summed E-state index contributed by atoms with van der Waals surface area (Å²) in [6.07, 6.45) is 0. The van der Waals surface area contributed by atoms with E-state index in [0.29, 0.717) is 0 Å². The van der Waals surface area contributed by atoms with Gasteiger partial charge in [-0.15, -0.1) is 0 Å². The Kier molecular flexibility index (Phi) is 2.24. The van der Waals surface area contributed by atoms with E-state index >= 15 is 0 Å². The zero-order valence-electron chi connectivity index (χ0n) is 6.34. The van der Waals surface area contributed by atoms with Gasteiger partial charge in [0, 0.05) is 5.56 Å². The van der Waals surface area contributed by atoms with Crippen LogP contribution in [0.15, 0.2) is 12.1 Å². The molecule has 2 N–H and O–H groups in total. The standard InChI is InChI=1S/C8H7ClO3/c1-4(10)5-2-6(9)8(12)7(11)3-5/h2-3,11-12H,1H3. The van der Waals surface area contributed by atoms with Crippen LogP contribution in [-0.2, 0) is 0 Å². The number of rotatable bonds is 1. The largest absolute Gasteiger partial charge is 0.504 e. The topological polar surface area (TPSA) is 57.5 Å². The van der Waals surface area contributed by atoms with Crippen molar-refractivity contribution in [1.29, 1.82) is 0 Å². The second-order valence-corrected chi connectivity index (χ2v) is 2.79. The zero-order valence-corrected chi connectivity index (χ0v) is 7.09. The Bertz CT molecular complexity index is 310. The molecule has 12 heavy (non-hydrogen) atoms. The number of carbonyl (C=O) groups excluding carboxylic acids is 1. The molecular weight excluding hydrogens is 180 g/mol. The maximum absolute atomic E-state index is 10.8. The van der Waals surface area contributed by atoms with E-state index in [1.165, 1.54) is 19.1 Å². The number of phenols is 2. The Hall–Kier alpha value is -1.22. The number of carbonyl (C=O) groups is 1. The fourth-order valence-electron chi connectivity index (χ4n) is 0.788. The van der Waals surface area contributed by atoms with E-state index in [1.807, 2.05) is 0 Å². The average molecular weight is 187 g/mol. The van der Waals surface area contributed by atoms with Gasteiger partial charge in [-0.1, -0.05) is 11.6 Å². The summed E-state index contributed by atoms with van der Waals surface area (Å²) >= 11 is 5.50. The monoisotopic (exact) mass is 186 g/mol. The second kappa shape index (κ2) is 3.03. The molecule has 0 aromatic heterocycles. The number of Topliss-reactive ketones (excluding diaryl/α,β-unsaturated/α-hetero) is 1. The molecule has 1 rings (SSSR count). The molecule has 0 aliphatic rings. The summed E-state index contributed by atoms with van der Waals surface area (Å²) in [6.45, 7) is 1.35. The minimum absolute atomic E-state index is 0.0276. The summed E-state index contributed by atoms with van der Waals surface area (Å²) < 4.78 is 0.